The Bertz CT molecular complexity index is 277. The van der Waals surface area contributed by atoms with E-state index < -0.39 is 12.1 Å². The van der Waals surface area contributed by atoms with Gasteiger partial charge in [-0.25, -0.2) is 4.39 Å². The monoisotopic (exact) mass is 193 g/mol. The van der Waals surface area contributed by atoms with Gasteiger partial charge >= 0.3 is 6.30 Å². The minimum atomic E-state index is -4.43. The summed E-state index contributed by atoms with van der Waals surface area (Å²) < 4.78 is 48.5. The standard InChI is InChI=1S/C8H7F4N/c1-13(8(10,11)12)7-4-2-6(9)3-5-7/h2-5H,1H3. The van der Waals surface area contributed by atoms with Gasteiger partial charge < -0.3 is 0 Å². The molecule has 0 aliphatic carbocycles. The zero-order valence-corrected chi connectivity index (χ0v) is 6.77. The topological polar surface area (TPSA) is 3.24 Å². The van der Waals surface area contributed by atoms with Crippen LogP contribution in [-0.4, -0.2) is 13.3 Å². The molecule has 0 saturated heterocycles. The molecule has 0 N–H and O–H groups in total. The smallest absolute Gasteiger partial charge is 0.287 e. The molecule has 0 atom stereocenters. The van der Waals surface area contributed by atoms with E-state index in [1.165, 1.54) is 0 Å². The largest absolute Gasteiger partial charge is 0.484 e. The number of alkyl halides is 3. The van der Waals surface area contributed by atoms with Gasteiger partial charge in [0, 0.05) is 12.7 Å². The van der Waals surface area contributed by atoms with Gasteiger partial charge in [0.15, 0.2) is 0 Å². The van der Waals surface area contributed by atoms with Crippen LogP contribution >= 0.6 is 0 Å². The van der Waals surface area contributed by atoms with Crippen LogP contribution < -0.4 is 4.90 Å². The lowest BCUT2D eigenvalue weighted by Crippen LogP contribution is -2.33. The van der Waals surface area contributed by atoms with Crippen molar-refractivity contribution in [3.05, 3.63) is 30.1 Å². The van der Waals surface area contributed by atoms with Crippen molar-refractivity contribution in [3.8, 4) is 0 Å². The second-order valence-electron chi connectivity index (χ2n) is 2.50. The Balaban J connectivity index is 2.90. The molecule has 0 aliphatic heterocycles. The Morgan fingerprint density at radius 1 is 1.08 bits per heavy atom. The summed E-state index contributed by atoms with van der Waals surface area (Å²) in [4.78, 5) is 0.118. The van der Waals surface area contributed by atoms with E-state index in [2.05, 4.69) is 0 Å². The van der Waals surface area contributed by atoms with Crippen LogP contribution in [0.1, 0.15) is 0 Å². The van der Waals surface area contributed by atoms with Crippen molar-refractivity contribution in [1.82, 2.24) is 0 Å². The number of rotatable bonds is 1. The van der Waals surface area contributed by atoms with Crippen LogP contribution in [0.4, 0.5) is 23.2 Å². The van der Waals surface area contributed by atoms with Gasteiger partial charge in [0.2, 0.25) is 0 Å². The van der Waals surface area contributed by atoms with E-state index >= 15 is 0 Å². The highest BCUT2D eigenvalue weighted by Gasteiger charge is 2.34. The van der Waals surface area contributed by atoms with Gasteiger partial charge in [-0.3, -0.25) is 4.90 Å². The highest BCUT2D eigenvalue weighted by atomic mass is 19.4. The third kappa shape index (κ3) is 2.34. The predicted molar refractivity (Wildman–Crippen MR) is 40.9 cm³/mol. The minimum Gasteiger partial charge on any atom is -0.287 e. The van der Waals surface area contributed by atoms with E-state index in [1.807, 2.05) is 0 Å². The van der Waals surface area contributed by atoms with Gasteiger partial charge in [-0.05, 0) is 24.3 Å². The number of benzene rings is 1. The van der Waals surface area contributed by atoms with Crippen molar-refractivity contribution in [2.75, 3.05) is 11.9 Å². The summed E-state index contributed by atoms with van der Waals surface area (Å²) in [7, 11) is 0.882. The average molecular weight is 193 g/mol. The van der Waals surface area contributed by atoms with Crippen LogP contribution in [0.15, 0.2) is 24.3 Å². The number of hydrogen-bond acceptors (Lipinski definition) is 1. The van der Waals surface area contributed by atoms with Gasteiger partial charge in [0.1, 0.15) is 5.82 Å². The first-order valence-corrected chi connectivity index (χ1v) is 3.47. The molecule has 0 aromatic heterocycles. The highest BCUT2D eigenvalue weighted by Crippen LogP contribution is 2.26. The summed E-state index contributed by atoms with van der Waals surface area (Å²) >= 11 is 0. The molecule has 1 aromatic rings. The summed E-state index contributed by atoms with van der Waals surface area (Å²) in [6, 6.07) is 4.11. The Morgan fingerprint density at radius 2 is 1.54 bits per heavy atom. The van der Waals surface area contributed by atoms with Crippen LogP contribution in [0.5, 0.6) is 0 Å². The van der Waals surface area contributed by atoms with E-state index in [4.69, 9.17) is 0 Å². The number of hydrogen-bond donors (Lipinski definition) is 0. The normalized spacial score (nSPS) is 11.5. The predicted octanol–water partition coefficient (Wildman–Crippen LogP) is 2.78. The van der Waals surface area contributed by atoms with Crippen LogP contribution in [-0.2, 0) is 0 Å². The van der Waals surface area contributed by atoms with Crippen LogP contribution in [0.2, 0.25) is 0 Å². The summed E-state index contributed by atoms with van der Waals surface area (Å²) in [6.07, 6.45) is -4.43. The third-order valence-electron chi connectivity index (χ3n) is 1.59. The van der Waals surface area contributed by atoms with Gasteiger partial charge in [-0.15, -0.1) is 0 Å². The molecular formula is C8H7F4N. The molecular weight excluding hydrogens is 186 g/mol. The molecule has 1 aromatic carbocycles. The first-order valence-electron chi connectivity index (χ1n) is 3.47. The lowest BCUT2D eigenvalue weighted by molar-refractivity contribution is -0.125. The molecule has 13 heavy (non-hydrogen) atoms. The number of anilines is 1. The van der Waals surface area contributed by atoms with Crippen molar-refractivity contribution in [3.63, 3.8) is 0 Å². The highest BCUT2D eigenvalue weighted by molar-refractivity contribution is 5.45. The van der Waals surface area contributed by atoms with Gasteiger partial charge in [-0.1, -0.05) is 0 Å². The van der Waals surface area contributed by atoms with Crippen molar-refractivity contribution < 1.29 is 17.6 Å². The Morgan fingerprint density at radius 3 is 1.92 bits per heavy atom. The lowest BCUT2D eigenvalue weighted by Gasteiger charge is -2.21. The molecule has 0 aliphatic rings. The van der Waals surface area contributed by atoms with E-state index in [1.54, 1.807) is 0 Å². The fraction of sp³-hybridized carbons (Fsp3) is 0.250. The van der Waals surface area contributed by atoms with Crippen molar-refractivity contribution in [1.29, 1.82) is 0 Å². The van der Waals surface area contributed by atoms with Crippen molar-refractivity contribution in [2.24, 2.45) is 0 Å². The van der Waals surface area contributed by atoms with Gasteiger partial charge in [0.25, 0.3) is 0 Å². The van der Waals surface area contributed by atoms with Crippen LogP contribution in [0.3, 0.4) is 0 Å². The van der Waals surface area contributed by atoms with Crippen LogP contribution in [0.25, 0.3) is 0 Å². The molecule has 5 heteroatoms. The molecule has 0 radical (unpaired) electrons. The third-order valence-corrected chi connectivity index (χ3v) is 1.59. The summed E-state index contributed by atoms with van der Waals surface area (Å²) in [5.41, 5.74) is -0.0890. The van der Waals surface area contributed by atoms with E-state index in [0.717, 1.165) is 31.3 Å². The summed E-state index contributed by atoms with van der Waals surface area (Å²) in [5, 5.41) is 0. The zero-order chi connectivity index (χ0) is 10.1. The average Bonchev–Trinajstić information content (AvgIpc) is 2.03. The number of halogens is 4. The van der Waals surface area contributed by atoms with Crippen LogP contribution in [0, 0.1) is 5.82 Å². The minimum absolute atomic E-state index is 0.0890. The Labute approximate surface area is 72.6 Å². The molecule has 0 fully saturated rings. The fourth-order valence-corrected chi connectivity index (χ4v) is 0.811. The van der Waals surface area contributed by atoms with Gasteiger partial charge in [0.05, 0.1) is 0 Å². The summed E-state index contributed by atoms with van der Waals surface area (Å²) in [6.45, 7) is 0. The zero-order valence-electron chi connectivity index (χ0n) is 6.77. The fourth-order valence-electron chi connectivity index (χ4n) is 0.811. The maximum atomic E-state index is 12.3. The second kappa shape index (κ2) is 3.24. The first-order chi connectivity index (χ1) is 5.91. The van der Waals surface area contributed by atoms with Crippen molar-refractivity contribution in [2.45, 2.75) is 6.30 Å². The second-order valence-corrected chi connectivity index (χ2v) is 2.50. The van der Waals surface area contributed by atoms with Crippen molar-refractivity contribution >= 4 is 5.69 Å². The Kier molecular flexibility index (Phi) is 2.45. The first kappa shape index (κ1) is 9.83. The maximum Gasteiger partial charge on any atom is 0.484 e. The SMILES string of the molecule is CN(c1ccc(F)cc1)C(F)(F)F. The Hall–Kier alpha value is -1.26. The quantitative estimate of drug-likeness (QED) is 0.489. The molecule has 0 bridgehead atoms. The number of nitrogens with zero attached hydrogens (tertiary/aromatic N) is 1. The molecule has 1 nitrogen and oxygen atoms in total. The molecule has 0 amide bonds. The lowest BCUT2D eigenvalue weighted by atomic mass is 10.3. The molecule has 1 rings (SSSR count). The maximum absolute atomic E-state index is 12.3. The molecule has 0 unspecified atom stereocenters. The molecule has 72 valence electrons. The van der Waals surface area contributed by atoms with E-state index in [0.29, 0.717) is 0 Å². The van der Waals surface area contributed by atoms with Gasteiger partial charge in [-0.2, -0.15) is 13.2 Å². The molecule has 0 saturated carbocycles. The van der Waals surface area contributed by atoms with E-state index in [-0.39, 0.29) is 10.6 Å². The molecule has 0 heterocycles. The van der Waals surface area contributed by atoms with E-state index in [9.17, 15) is 17.6 Å². The molecule has 0 spiro atoms. The summed E-state index contributed by atoms with van der Waals surface area (Å²) in [5.74, 6) is -0.556.